The van der Waals surface area contributed by atoms with E-state index in [0.29, 0.717) is 18.2 Å². The van der Waals surface area contributed by atoms with Crippen molar-refractivity contribution in [3.05, 3.63) is 18.0 Å². The number of amides is 1. The zero-order chi connectivity index (χ0) is 22.5. The number of likely N-dealkylation sites (tertiary alicyclic amines) is 1. The minimum atomic E-state index is -5.08. The Hall–Kier alpha value is -2.63. The van der Waals surface area contributed by atoms with Gasteiger partial charge in [0, 0.05) is 44.4 Å². The van der Waals surface area contributed by atoms with Crippen molar-refractivity contribution in [3.63, 3.8) is 0 Å². The van der Waals surface area contributed by atoms with Crippen LogP contribution in [-0.4, -0.2) is 69.3 Å². The molecule has 3 rings (SSSR count). The Morgan fingerprint density at radius 1 is 1.40 bits per heavy atom. The van der Waals surface area contributed by atoms with Crippen molar-refractivity contribution in [3.8, 4) is 0 Å². The summed E-state index contributed by atoms with van der Waals surface area (Å²) in [5.74, 6) is -2.90. The van der Waals surface area contributed by atoms with E-state index in [0.717, 1.165) is 32.5 Å². The second-order valence-corrected chi connectivity index (χ2v) is 7.61. The molecule has 0 aromatic carbocycles. The summed E-state index contributed by atoms with van der Waals surface area (Å²) in [7, 11) is 1.62. The fourth-order valence-corrected chi connectivity index (χ4v) is 3.33. The summed E-state index contributed by atoms with van der Waals surface area (Å²) >= 11 is 0. The molecule has 9 nitrogen and oxygen atoms in total. The number of carbonyl (C=O) groups is 2. The fourth-order valence-electron chi connectivity index (χ4n) is 3.33. The number of aromatic nitrogens is 2. The third-order valence-electron chi connectivity index (χ3n) is 4.78. The fraction of sp³-hybridized carbons (Fsp3) is 0.667. The maximum atomic E-state index is 11.7. The van der Waals surface area contributed by atoms with Crippen molar-refractivity contribution >= 4 is 17.6 Å². The Bertz CT molecular complexity index is 793. The van der Waals surface area contributed by atoms with E-state index in [1.807, 2.05) is 10.9 Å². The quantitative estimate of drug-likeness (QED) is 0.751. The van der Waals surface area contributed by atoms with Gasteiger partial charge in [-0.15, -0.1) is 0 Å². The third kappa shape index (κ3) is 6.18. The van der Waals surface area contributed by atoms with Crippen LogP contribution in [0.25, 0.3) is 0 Å². The van der Waals surface area contributed by atoms with Crippen LogP contribution in [0.15, 0.2) is 17.5 Å². The average Bonchev–Trinajstić information content (AvgIpc) is 3.29. The molecular formula is C18H26F3N5O4. The number of carboxylic acid groups (broad SMARTS) is 1. The molecule has 1 amide bonds. The van der Waals surface area contributed by atoms with Gasteiger partial charge in [-0.1, -0.05) is 5.16 Å². The summed E-state index contributed by atoms with van der Waals surface area (Å²) in [4.78, 5) is 28.7. The summed E-state index contributed by atoms with van der Waals surface area (Å²) in [5.41, 5.74) is 1.37. The van der Waals surface area contributed by atoms with E-state index in [2.05, 4.69) is 40.5 Å². The lowest BCUT2D eigenvalue weighted by molar-refractivity contribution is -0.192. The van der Waals surface area contributed by atoms with Gasteiger partial charge >= 0.3 is 12.1 Å². The second-order valence-electron chi connectivity index (χ2n) is 7.61. The topological polar surface area (TPSA) is 109 Å². The van der Waals surface area contributed by atoms with Crippen molar-refractivity contribution in [2.45, 2.75) is 57.5 Å². The molecule has 0 aliphatic carbocycles. The SMILES string of the molecule is CNC(=O)C1=NOC2(CCCN(Cc3cnn(C(C)C)c3)C2)C1.O=C(O)C(F)(F)F. The van der Waals surface area contributed by atoms with Gasteiger partial charge in [0.25, 0.3) is 5.91 Å². The van der Waals surface area contributed by atoms with E-state index < -0.39 is 12.1 Å². The molecule has 2 N–H and O–H groups in total. The molecule has 168 valence electrons. The number of carboxylic acids is 1. The minimum Gasteiger partial charge on any atom is -0.475 e. The molecule has 12 heteroatoms. The number of hydrogen-bond donors (Lipinski definition) is 2. The van der Waals surface area contributed by atoms with Crippen LogP contribution >= 0.6 is 0 Å². The molecule has 1 fully saturated rings. The predicted molar refractivity (Wildman–Crippen MR) is 101 cm³/mol. The highest BCUT2D eigenvalue weighted by atomic mass is 19.4. The molecule has 1 aromatic heterocycles. The van der Waals surface area contributed by atoms with Gasteiger partial charge in [-0.25, -0.2) is 4.79 Å². The predicted octanol–water partition coefficient (Wildman–Crippen LogP) is 1.95. The Balaban J connectivity index is 0.000000396. The van der Waals surface area contributed by atoms with E-state index in [4.69, 9.17) is 14.7 Å². The van der Waals surface area contributed by atoms with Gasteiger partial charge in [-0.2, -0.15) is 18.3 Å². The molecule has 0 bridgehead atoms. The molecule has 2 aliphatic heterocycles. The van der Waals surface area contributed by atoms with Crippen LogP contribution in [0, 0.1) is 0 Å². The molecular weight excluding hydrogens is 407 g/mol. The number of nitrogens with one attached hydrogen (secondary N) is 1. The third-order valence-corrected chi connectivity index (χ3v) is 4.78. The van der Waals surface area contributed by atoms with Gasteiger partial charge in [0.15, 0.2) is 5.60 Å². The lowest BCUT2D eigenvalue weighted by Crippen LogP contribution is -2.48. The van der Waals surface area contributed by atoms with Gasteiger partial charge in [0.05, 0.1) is 6.20 Å². The average molecular weight is 433 g/mol. The molecule has 1 saturated heterocycles. The zero-order valence-corrected chi connectivity index (χ0v) is 17.1. The number of piperidine rings is 1. The molecule has 0 radical (unpaired) electrons. The molecule has 30 heavy (non-hydrogen) atoms. The highest BCUT2D eigenvalue weighted by molar-refractivity contribution is 6.39. The van der Waals surface area contributed by atoms with Crippen LogP contribution in [0.1, 0.15) is 44.7 Å². The number of oxime groups is 1. The Morgan fingerprint density at radius 3 is 2.60 bits per heavy atom. The first-order valence-corrected chi connectivity index (χ1v) is 9.48. The molecule has 1 unspecified atom stereocenters. The van der Waals surface area contributed by atoms with Crippen molar-refractivity contribution in [2.75, 3.05) is 20.1 Å². The highest BCUT2D eigenvalue weighted by Crippen LogP contribution is 2.34. The normalized spacial score (nSPS) is 21.6. The van der Waals surface area contributed by atoms with Crippen LogP contribution < -0.4 is 5.32 Å². The number of hydrogen-bond acceptors (Lipinski definition) is 6. The molecule has 0 saturated carbocycles. The van der Waals surface area contributed by atoms with E-state index in [1.54, 1.807) is 7.05 Å². The van der Waals surface area contributed by atoms with Crippen molar-refractivity contribution in [2.24, 2.45) is 5.16 Å². The van der Waals surface area contributed by atoms with Crippen LogP contribution in [0.2, 0.25) is 0 Å². The first kappa shape index (κ1) is 23.6. The summed E-state index contributed by atoms with van der Waals surface area (Å²) in [6.07, 6.45) is 1.54. The summed E-state index contributed by atoms with van der Waals surface area (Å²) < 4.78 is 33.7. The van der Waals surface area contributed by atoms with Crippen LogP contribution in [0.3, 0.4) is 0 Å². The first-order valence-electron chi connectivity index (χ1n) is 9.48. The maximum absolute atomic E-state index is 11.7. The smallest absolute Gasteiger partial charge is 0.475 e. The van der Waals surface area contributed by atoms with Gasteiger partial charge < -0.3 is 15.3 Å². The highest BCUT2D eigenvalue weighted by Gasteiger charge is 2.44. The Kier molecular flexibility index (Phi) is 7.45. The molecule has 1 aromatic rings. The number of halogens is 3. The van der Waals surface area contributed by atoms with Gasteiger partial charge in [0.1, 0.15) is 5.71 Å². The second kappa shape index (κ2) is 9.45. The number of alkyl halides is 3. The van der Waals surface area contributed by atoms with Gasteiger partial charge in [0.2, 0.25) is 0 Å². The number of aliphatic carboxylic acids is 1. The Morgan fingerprint density at radius 2 is 2.07 bits per heavy atom. The standard InChI is InChI=1S/C16H25N5O2.C2HF3O2/c1-12(2)21-10-13(8-18-21)9-20-6-4-5-16(11-20)7-14(19-23-16)15(22)17-3;3-2(4,5)1(6)7/h8,10,12H,4-7,9,11H2,1-3H3,(H,17,22);(H,6,7). The molecule has 1 atom stereocenters. The molecule has 1 spiro atoms. The number of carbonyl (C=O) groups excluding carboxylic acids is 1. The summed E-state index contributed by atoms with van der Waals surface area (Å²) in [6.45, 7) is 6.93. The first-order chi connectivity index (χ1) is 14.0. The van der Waals surface area contributed by atoms with E-state index in [1.165, 1.54) is 5.56 Å². The van der Waals surface area contributed by atoms with Crippen molar-refractivity contribution < 1.29 is 32.7 Å². The van der Waals surface area contributed by atoms with Crippen molar-refractivity contribution in [1.29, 1.82) is 0 Å². The molecule has 3 heterocycles. The number of rotatable bonds is 4. The largest absolute Gasteiger partial charge is 0.490 e. The lowest BCUT2D eigenvalue weighted by atomic mass is 9.88. The zero-order valence-electron chi connectivity index (χ0n) is 17.1. The summed E-state index contributed by atoms with van der Waals surface area (Å²) in [5, 5.41) is 18.2. The monoisotopic (exact) mass is 433 g/mol. The van der Waals surface area contributed by atoms with E-state index >= 15 is 0 Å². The van der Waals surface area contributed by atoms with E-state index in [9.17, 15) is 18.0 Å². The number of nitrogens with zero attached hydrogens (tertiary/aromatic N) is 4. The van der Waals surface area contributed by atoms with E-state index in [-0.39, 0.29) is 11.5 Å². The lowest BCUT2D eigenvalue weighted by Gasteiger charge is -2.38. The van der Waals surface area contributed by atoms with Gasteiger partial charge in [-0.3, -0.25) is 14.4 Å². The maximum Gasteiger partial charge on any atom is 0.490 e. The van der Waals surface area contributed by atoms with Crippen LogP contribution in [-0.2, 0) is 21.0 Å². The summed E-state index contributed by atoms with van der Waals surface area (Å²) in [6, 6.07) is 0.373. The van der Waals surface area contributed by atoms with Crippen LogP contribution in [0.4, 0.5) is 13.2 Å². The van der Waals surface area contributed by atoms with Crippen molar-refractivity contribution in [1.82, 2.24) is 20.0 Å². The molecule has 2 aliphatic rings. The van der Waals surface area contributed by atoms with Gasteiger partial charge in [-0.05, 0) is 33.2 Å². The minimum absolute atomic E-state index is 0.141. The Labute approximate surface area is 171 Å². The van der Waals surface area contributed by atoms with Crippen LogP contribution in [0.5, 0.6) is 0 Å².